The van der Waals surface area contributed by atoms with Crippen molar-refractivity contribution in [2.75, 3.05) is 0 Å². The lowest BCUT2D eigenvalue weighted by Crippen LogP contribution is -2.19. The minimum atomic E-state index is -0.600. The van der Waals surface area contributed by atoms with Crippen molar-refractivity contribution < 1.29 is 14.3 Å². The van der Waals surface area contributed by atoms with E-state index >= 15 is 0 Å². The van der Waals surface area contributed by atoms with Crippen molar-refractivity contribution in [2.24, 2.45) is 5.10 Å². The van der Waals surface area contributed by atoms with Gasteiger partial charge in [0.1, 0.15) is 5.75 Å². The van der Waals surface area contributed by atoms with Gasteiger partial charge in [0.25, 0.3) is 0 Å². The molecule has 1 N–H and O–H groups in total. The number of nitrogens with one attached hydrogen (secondary N) is 1. The fourth-order valence-electron chi connectivity index (χ4n) is 2.47. The lowest BCUT2D eigenvalue weighted by molar-refractivity contribution is -0.120. The predicted molar refractivity (Wildman–Crippen MR) is 114 cm³/mol. The van der Waals surface area contributed by atoms with Gasteiger partial charge < -0.3 is 4.74 Å². The highest BCUT2D eigenvalue weighted by Gasteiger charge is 2.13. The van der Waals surface area contributed by atoms with Gasteiger partial charge in [-0.05, 0) is 41.5 Å². The monoisotopic (exact) mass is 426 g/mol. The molecule has 0 saturated heterocycles. The molecule has 1 amide bonds. The first-order valence-electron chi connectivity index (χ1n) is 8.64. The molecule has 0 fully saturated rings. The Morgan fingerprint density at radius 1 is 0.966 bits per heavy atom. The van der Waals surface area contributed by atoms with Gasteiger partial charge in [-0.3, -0.25) is 4.79 Å². The summed E-state index contributed by atoms with van der Waals surface area (Å²) in [5.74, 6) is -0.509. The van der Waals surface area contributed by atoms with E-state index in [0.29, 0.717) is 16.3 Å². The number of carbonyl (C=O) groups is 2. The molecule has 0 bridgehead atoms. The van der Waals surface area contributed by atoms with Crippen LogP contribution in [0.5, 0.6) is 5.75 Å². The van der Waals surface area contributed by atoms with Crippen LogP contribution in [0.2, 0.25) is 10.0 Å². The van der Waals surface area contributed by atoms with Crippen molar-refractivity contribution >= 4 is 41.3 Å². The normalized spacial score (nSPS) is 10.7. The minimum Gasteiger partial charge on any atom is -0.423 e. The van der Waals surface area contributed by atoms with Crippen molar-refractivity contribution in [3.63, 3.8) is 0 Å². The first kappa shape index (κ1) is 20.6. The minimum absolute atomic E-state index is 0.210. The van der Waals surface area contributed by atoms with Crippen molar-refractivity contribution in [3.8, 4) is 5.75 Å². The Morgan fingerprint density at radius 3 is 2.52 bits per heavy atom. The number of carbonyl (C=O) groups excluding carboxylic acids is 2. The maximum Gasteiger partial charge on any atom is 0.345 e. The molecule has 5 nitrogen and oxygen atoms in total. The van der Waals surface area contributed by atoms with E-state index in [2.05, 4.69) is 10.5 Å². The van der Waals surface area contributed by atoms with Crippen LogP contribution in [-0.2, 0) is 11.2 Å². The van der Waals surface area contributed by atoms with E-state index in [4.69, 9.17) is 27.9 Å². The van der Waals surface area contributed by atoms with E-state index in [1.807, 2.05) is 30.3 Å². The standard InChI is InChI=1S/C22H16Cl2N2O3/c23-17-9-10-19(20(24)13-17)22(28)29-18-8-4-7-16(11-18)14-25-26-21(27)12-15-5-2-1-3-6-15/h1-11,13-14H,12H2,(H,26,27)/b25-14+. The average molecular weight is 427 g/mol. The van der Waals surface area contributed by atoms with Gasteiger partial charge in [0.05, 0.1) is 23.2 Å². The molecule has 0 heterocycles. The number of ether oxygens (including phenoxy) is 1. The third-order valence-electron chi connectivity index (χ3n) is 3.83. The van der Waals surface area contributed by atoms with E-state index in [-0.39, 0.29) is 22.9 Å². The zero-order chi connectivity index (χ0) is 20.6. The van der Waals surface area contributed by atoms with Crippen molar-refractivity contribution in [1.82, 2.24) is 5.43 Å². The molecule has 0 aliphatic carbocycles. The maximum atomic E-state index is 12.3. The second-order valence-corrected chi connectivity index (χ2v) is 6.89. The second kappa shape index (κ2) is 9.87. The molecule has 7 heteroatoms. The molecule has 146 valence electrons. The fraction of sp³-hybridized carbons (Fsp3) is 0.0455. The van der Waals surface area contributed by atoms with Crippen LogP contribution in [0.15, 0.2) is 77.9 Å². The number of nitrogens with zero attached hydrogens (tertiary/aromatic N) is 1. The summed E-state index contributed by atoms with van der Waals surface area (Å²) < 4.78 is 5.35. The van der Waals surface area contributed by atoms with Crippen LogP contribution < -0.4 is 10.2 Å². The summed E-state index contributed by atoms with van der Waals surface area (Å²) in [6, 6.07) is 20.6. The number of rotatable bonds is 6. The molecule has 0 aliphatic rings. The molecule has 0 aliphatic heterocycles. The van der Waals surface area contributed by atoms with Crippen LogP contribution in [0, 0.1) is 0 Å². The summed E-state index contributed by atoms with van der Waals surface area (Å²) in [6.45, 7) is 0. The van der Waals surface area contributed by atoms with Gasteiger partial charge in [-0.1, -0.05) is 65.7 Å². The Hall–Kier alpha value is -3.15. The zero-order valence-electron chi connectivity index (χ0n) is 15.1. The highest BCUT2D eigenvalue weighted by Crippen LogP contribution is 2.23. The number of hydrogen-bond donors (Lipinski definition) is 1. The molecule has 0 radical (unpaired) electrons. The summed E-state index contributed by atoms with van der Waals surface area (Å²) in [6.07, 6.45) is 1.70. The third-order valence-corrected chi connectivity index (χ3v) is 4.38. The molecular formula is C22H16Cl2N2O3. The third kappa shape index (κ3) is 6.17. The number of hydrazone groups is 1. The van der Waals surface area contributed by atoms with E-state index in [1.165, 1.54) is 18.3 Å². The SMILES string of the molecule is O=C(Cc1ccccc1)N/N=C/c1cccc(OC(=O)c2ccc(Cl)cc2Cl)c1. The molecule has 0 aromatic heterocycles. The molecule has 3 rings (SSSR count). The topological polar surface area (TPSA) is 67.8 Å². The first-order chi connectivity index (χ1) is 14.0. The number of esters is 1. The van der Waals surface area contributed by atoms with Crippen molar-refractivity contribution in [2.45, 2.75) is 6.42 Å². The summed E-state index contributed by atoms with van der Waals surface area (Å²) in [7, 11) is 0. The smallest absolute Gasteiger partial charge is 0.345 e. The maximum absolute atomic E-state index is 12.3. The number of hydrogen-bond acceptors (Lipinski definition) is 4. The molecule has 3 aromatic rings. The predicted octanol–water partition coefficient (Wildman–Crippen LogP) is 4.91. The Balaban J connectivity index is 1.59. The van der Waals surface area contributed by atoms with Gasteiger partial charge in [-0.25, -0.2) is 10.2 Å². The molecule has 0 atom stereocenters. The fourth-order valence-corrected chi connectivity index (χ4v) is 2.96. The highest BCUT2D eigenvalue weighted by molar-refractivity contribution is 6.36. The lowest BCUT2D eigenvalue weighted by atomic mass is 10.1. The quantitative estimate of drug-likeness (QED) is 0.263. The van der Waals surface area contributed by atoms with Gasteiger partial charge in [0.15, 0.2) is 0 Å². The van der Waals surface area contributed by atoms with Crippen molar-refractivity contribution in [1.29, 1.82) is 0 Å². The molecule has 0 unspecified atom stereocenters. The first-order valence-corrected chi connectivity index (χ1v) is 9.40. The van der Waals surface area contributed by atoms with Crippen molar-refractivity contribution in [3.05, 3.63) is 99.5 Å². The van der Waals surface area contributed by atoms with Gasteiger partial charge in [0, 0.05) is 5.02 Å². The Morgan fingerprint density at radius 2 is 1.76 bits per heavy atom. The molecule has 3 aromatic carbocycles. The summed E-state index contributed by atoms with van der Waals surface area (Å²) in [4.78, 5) is 24.2. The lowest BCUT2D eigenvalue weighted by Gasteiger charge is -2.07. The van der Waals surface area contributed by atoms with E-state index in [1.54, 1.807) is 30.3 Å². The van der Waals surface area contributed by atoms with Crippen LogP contribution in [0.1, 0.15) is 21.5 Å². The zero-order valence-corrected chi connectivity index (χ0v) is 16.7. The van der Waals surface area contributed by atoms with Crippen LogP contribution in [0.3, 0.4) is 0 Å². The van der Waals surface area contributed by atoms with Gasteiger partial charge in [-0.15, -0.1) is 0 Å². The summed E-state index contributed by atoms with van der Waals surface area (Å²) in [5, 5.41) is 4.58. The second-order valence-electron chi connectivity index (χ2n) is 6.04. The Bertz CT molecular complexity index is 1050. The van der Waals surface area contributed by atoms with Gasteiger partial charge >= 0.3 is 5.97 Å². The van der Waals surface area contributed by atoms with Gasteiger partial charge in [-0.2, -0.15) is 5.10 Å². The molecule has 29 heavy (non-hydrogen) atoms. The molecule has 0 spiro atoms. The highest BCUT2D eigenvalue weighted by atomic mass is 35.5. The van der Waals surface area contributed by atoms with E-state index in [9.17, 15) is 9.59 Å². The van der Waals surface area contributed by atoms with E-state index < -0.39 is 5.97 Å². The summed E-state index contributed by atoms with van der Waals surface area (Å²) >= 11 is 11.9. The van der Waals surface area contributed by atoms with Crippen LogP contribution in [0.4, 0.5) is 0 Å². The van der Waals surface area contributed by atoms with Gasteiger partial charge in [0.2, 0.25) is 5.91 Å². The van der Waals surface area contributed by atoms with Crippen LogP contribution in [-0.4, -0.2) is 18.1 Å². The van der Waals surface area contributed by atoms with Crippen LogP contribution >= 0.6 is 23.2 Å². The average Bonchev–Trinajstić information content (AvgIpc) is 2.69. The Kier molecular flexibility index (Phi) is 7.00. The molecular weight excluding hydrogens is 411 g/mol. The molecule has 0 saturated carbocycles. The number of amides is 1. The number of halogens is 2. The summed E-state index contributed by atoms with van der Waals surface area (Å²) in [5.41, 5.74) is 4.23. The number of benzene rings is 3. The van der Waals surface area contributed by atoms with Crippen LogP contribution in [0.25, 0.3) is 0 Å². The largest absolute Gasteiger partial charge is 0.423 e. The van der Waals surface area contributed by atoms with E-state index in [0.717, 1.165) is 5.56 Å². The Labute approximate surface area is 177 Å².